The van der Waals surface area contributed by atoms with Crippen LogP contribution in [0, 0.1) is 5.82 Å². The smallest absolute Gasteiger partial charge is 0.167 e. The van der Waals surface area contributed by atoms with Crippen LogP contribution in [0.1, 0.15) is 31.5 Å². The van der Waals surface area contributed by atoms with Crippen LogP contribution in [0.4, 0.5) is 4.39 Å². The second kappa shape index (κ2) is 7.16. The Balaban J connectivity index is 1.40. The van der Waals surface area contributed by atoms with Crippen molar-refractivity contribution in [3.05, 3.63) is 42.2 Å². The summed E-state index contributed by atoms with van der Waals surface area (Å²) in [6.45, 7) is 3.27. The number of nitrogens with one attached hydrogen (secondary N) is 1. The lowest BCUT2D eigenvalue weighted by molar-refractivity contribution is 0.262. The highest BCUT2D eigenvalue weighted by molar-refractivity contribution is 5.37. The molecule has 0 saturated carbocycles. The van der Waals surface area contributed by atoms with Crippen molar-refractivity contribution in [2.45, 2.75) is 38.5 Å². The molecule has 9 nitrogen and oxygen atoms in total. The Morgan fingerprint density at radius 3 is 3.08 bits per heavy atom. The number of hydrogen-bond donors (Lipinski definition) is 1. The topological polar surface area (TPSA) is 95.6 Å². The Morgan fingerprint density at radius 2 is 2.31 bits per heavy atom. The Labute approximate surface area is 149 Å². The van der Waals surface area contributed by atoms with Crippen LogP contribution in [0.5, 0.6) is 5.75 Å². The minimum Gasteiger partial charge on any atom is -0.484 e. The number of rotatable bonds is 5. The van der Waals surface area contributed by atoms with Gasteiger partial charge in [0.05, 0.1) is 17.9 Å². The van der Waals surface area contributed by atoms with Gasteiger partial charge < -0.3 is 10.1 Å². The molecule has 0 spiro atoms. The van der Waals surface area contributed by atoms with E-state index < -0.39 is 5.82 Å². The number of ether oxygens (including phenoxy) is 1. The number of aromatic nitrogens is 7. The standard InChI is InChI=1S/C16H19FN8O/c1-11-6-14(4-5-18-11)25-20-8-12(21-25)9-26-16-3-2-13(7-15(16)17)24-10-19-22-23-24/h2-3,7-8,10-11,14,18H,4-6,9H2,1H3. The molecule has 1 aromatic carbocycles. The highest BCUT2D eigenvalue weighted by Crippen LogP contribution is 2.22. The Bertz CT molecular complexity index is 865. The van der Waals surface area contributed by atoms with Gasteiger partial charge in [0.15, 0.2) is 11.6 Å². The average Bonchev–Trinajstić information content (AvgIpc) is 3.33. The van der Waals surface area contributed by atoms with Crippen LogP contribution < -0.4 is 10.1 Å². The van der Waals surface area contributed by atoms with Crippen molar-refractivity contribution in [2.75, 3.05) is 6.54 Å². The van der Waals surface area contributed by atoms with E-state index in [-0.39, 0.29) is 18.4 Å². The molecule has 2 atom stereocenters. The van der Waals surface area contributed by atoms with Crippen LogP contribution in [-0.4, -0.2) is 47.8 Å². The molecule has 2 unspecified atom stereocenters. The predicted molar refractivity (Wildman–Crippen MR) is 89.2 cm³/mol. The highest BCUT2D eigenvalue weighted by atomic mass is 19.1. The number of hydrogen-bond acceptors (Lipinski definition) is 7. The van der Waals surface area contributed by atoms with Gasteiger partial charge in [0, 0.05) is 12.1 Å². The van der Waals surface area contributed by atoms with Gasteiger partial charge in [0.2, 0.25) is 0 Å². The zero-order valence-electron chi connectivity index (χ0n) is 14.3. The van der Waals surface area contributed by atoms with Crippen LogP contribution in [0.25, 0.3) is 5.69 Å². The van der Waals surface area contributed by atoms with Gasteiger partial charge in [-0.1, -0.05) is 0 Å². The largest absolute Gasteiger partial charge is 0.484 e. The van der Waals surface area contributed by atoms with E-state index in [1.807, 2.05) is 0 Å². The van der Waals surface area contributed by atoms with Gasteiger partial charge in [-0.05, 0) is 48.9 Å². The third-order valence-electron chi connectivity index (χ3n) is 4.38. The molecular formula is C16H19FN8O. The van der Waals surface area contributed by atoms with Crippen LogP contribution in [0.3, 0.4) is 0 Å². The highest BCUT2D eigenvalue weighted by Gasteiger charge is 2.21. The molecule has 1 saturated heterocycles. The maximum atomic E-state index is 14.2. The molecule has 3 aromatic rings. The first-order valence-corrected chi connectivity index (χ1v) is 8.49. The summed E-state index contributed by atoms with van der Waals surface area (Å²) in [7, 11) is 0. The predicted octanol–water partition coefficient (Wildman–Crippen LogP) is 1.28. The van der Waals surface area contributed by atoms with E-state index in [0.29, 0.717) is 17.4 Å². The van der Waals surface area contributed by atoms with Gasteiger partial charge in [-0.15, -0.1) is 5.10 Å². The van der Waals surface area contributed by atoms with Crippen molar-refractivity contribution in [3.8, 4) is 11.4 Å². The third kappa shape index (κ3) is 3.54. The van der Waals surface area contributed by atoms with E-state index in [0.717, 1.165) is 19.4 Å². The molecule has 136 valence electrons. The summed E-state index contributed by atoms with van der Waals surface area (Å²) < 4.78 is 21.2. The number of halogens is 1. The van der Waals surface area contributed by atoms with Gasteiger partial charge >= 0.3 is 0 Å². The molecule has 3 heterocycles. The molecule has 0 radical (unpaired) electrons. The van der Waals surface area contributed by atoms with Gasteiger partial charge in [-0.3, -0.25) is 0 Å². The van der Waals surface area contributed by atoms with Crippen LogP contribution in [0.2, 0.25) is 0 Å². The molecule has 0 bridgehead atoms. The molecule has 0 aliphatic carbocycles. The van der Waals surface area contributed by atoms with Crippen molar-refractivity contribution < 1.29 is 9.13 Å². The molecule has 10 heteroatoms. The summed E-state index contributed by atoms with van der Waals surface area (Å²) in [5.41, 5.74) is 1.19. The number of benzene rings is 1. The van der Waals surface area contributed by atoms with Gasteiger partial charge in [-0.2, -0.15) is 15.0 Å². The molecule has 4 rings (SSSR count). The molecule has 1 fully saturated rings. The summed E-state index contributed by atoms with van der Waals surface area (Å²) in [6, 6.07) is 5.28. The molecule has 1 aliphatic heterocycles. The summed E-state index contributed by atoms with van der Waals surface area (Å²) in [4.78, 5) is 1.74. The zero-order valence-corrected chi connectivity index (χ0v) is 14.3. The Morgan fingerprint density at radius 1 is 1.38 bits per heavy atom. The lowest BCUT2D eigenvalue weighted by Crippen LogP contribution is -2.37. The first-order valence-electron chi connectivity index (χ1n) is 8.49. The Hall–Kier alpha value is -2.88. The van der Waals surface area contributed by atoms with E-state index in [1.165, 1.54) is 17.1 Å². The second-order valence-corrected chi connectivity index (χ2v) is 6.35. The van der Waals surface area contributed by atoms with E-state index >= 15 is 0 Å². The average molecular weight is 358 g/mol. The fraction of sp³-hybridized carbons (Fsp3) is 0.438. The molecule has 2 aromatic heterocycles. The lowest BCUT2D eigenvalue weighted by Gasteiger charge is -2.27. The summed E-state index contributed by atoms with van der Waals surface area (Å²) in [5, 5.41) is 23.0. The first-order chi connectivity index (χ1) is 12.7. The van der Waals surface area contributed by atoms with E-state index in [2.05, 4.69) is 38.0 Å². The molecular weight excluding hydrogens is 339 g/mol. The van der Waals surface area contributed by atoms with E-state index in [4.69, 9.17) is 4.74 Å². The number of piperidine rings is 1. The monoisotopic (exact) mass is 358 g/mol. The fourth-order valence-corrected chi connectivity index (χ4v) is 3.05. The zero-order chi connectivity index (χ0) is 17.9. The van der Waals surface area contributed by atoms with Crippen LogP contribution >= 0.6 is 0 Å². The summed E-state index contributed by atoms with van der Waals surface area (Å²) in [6.07, 6.45) is 5.05. The van der Waals surface area contributed by atoms with Crippen molar-refractivity contribution in [3.63, 3.8) is 0 Å². The summed E-state index contributed by atoms with van der Waals surface area (Å²) >= 11 is 0. The number of tetrazole rings is 1. The van der Waals surface area contributed by atoms with Gasteiger partial charge in [-0.25, -0.2) is 9.07 Å². The Kier molecular flexibility index (Phi) is 4.57. The molecule has 1 N–H and O–H groups in total. The maximum absolute atomic E-state index is 14.2. The van der Waals surface area contributed by atoms with Crippen LogP contribution in [-0.2, 0) is 6.61 Å². The SMILES string of the molecule is CC1CC(n2ncc(COc3ccc(-n4cnnn4)cc3F)n2)CCN1. The van der Waals surface area contributed by atoms with Crippen molar-refractivity contribution >= 4 is 0 Å². The second-order valence-electron chi connectivity index (χ2n) is 6.35. The van der Waals surface area contributed by atoms with Crippen molar-refractivity contribution in [1.29, 1.82) is 0 Å². The minimum absolute atomic E-state index is 0.145. The number of nitrogens with zero attached hydrogens (tertiary/aromatic N) is 7. The quantitative estimate of drug-likeness (QED) is 0.734. The van der Waals surface area contributed by atoms with Gasteiger partial charge in [0.1, 0.15) is 18.6 Å². The van der Waals surface area contributed by atoms with Crippen molar-refractivity contribution in [2.24, 2.45) is 0 Å². The first kappa shape index (κ1) is 16.6. The van der Waals surface area contributed by atoms with E-state index in [1.54, 1.807) is 23.1 Å². The molecule has 0 amide bonds. The lowest BCUT2D eigenvalue weighted by atomic mass is 10.0. The fourth-order valence-electron chi connectivity index (χ4n) is 3.05. The maximum Gasteiger partial charge on any atom is 0.167 e. The van der Waals surface area contributed by atoms with Crippen LogP contribution in [0.15, 0.2) is 30.7 Å². The molecule has 26 heavy (non-hydrogen) atoms. The van der Waals surface area contributed by atoms with E-state index in [9.17, 15) is 4.39 Å². The minimum atomic E-state index is -0.488. The third-order valence-corrected chi connectivity index (χ3v) is 4.38. The van der Waals surface area contributed by atoms with Gasteiger partial charge in [0.25, 0.3) is 0 Å². The van der Waals surface area contributed by atoms with Crippen molar-refractivity contribution in [1.82, 2.24) is 40.5 Å². The molecule has 1 aliphatic rings. The summed E-state index contributed by atoms with van der Waals surface area (Å²) in [5.74, 6) is -0.343. The normalized spacial score (nSPS) is 20.2.